The summed E-state index contributed by atoms with van der Waals surface area (Å²) in [6.45, 7) is 0. The molecule has 0 radical (unpaired) electrons. The van der Waals surface area contributed by atoms with E-state index in [0.717, 1.165) is 0 Å². The van der Waals surface area contributed by atoms with Gasteiger partial charge in [-0.05, 0) is 12.1 Å². The number of benzene rings is 1. The maximum atomic E-state index is 8.56. The Morgan fingerprint density at radius 2 is 1.73 bits per heavy atom. The molecular formula is C8H9Cl2N2O2Zn+. The Bertz CT molecular complexity index is 331. The van der Waals surface area contributed by atoms with Gasteiger partial charge in [0, 0.05) is 0 Å². The van der Waals surface area contributed by atoms with E-state index in [4.69, 9.17) is 14.9 Å². The Kier molecular flexibility index (Phi) is 13.3. The smallest absolute Gasteiger partial charge is 1.00 e. The molecule has 0 aliphatic rings. The molecule has 0 amide bonds. The third-order valence-electron chi connectivity index (χ3n) is 1.49. The van der Waals surface area contributed by atoms with Crippen LogP contribution in [-0.2, 0) is 19.5 Å². The molecule has 4 nitrogen and oxygen atoms in total. The van der Waals surface area contributed by atoms with Crippen LogP contribution in [0.2, 0.25) is 0 Å². The fraction of sp³-hybridized carbons (Fsp3) is 0.250. The van der Waals surface area contributed by atoms with Crippen LogP contribution in [0.25, 0.3) is 4.98 Å². The van der Waals surface area contributed by atoms with Crippen molar-refractivity contribution in [3.63, 3.8) is 0 Å². The van der Waals surface area contributed by atoms with Crippen LogP contribution in [0.4, 0.5) is 5.69 Å². The predicted octanol–water partition coefficient (Wildman–Crippen LogP) is -3.81. The zero-order valence-corrected chi connectivity index (χ0v) is 12.9. The van der Waals surface area contributed by atoms with Gasteiger partial charge in [-0.15, -0.1) is 0 Å². The minimum absolute atomic E-state index is 0. The molecule has 0 aliphatic heterocycles. The maximum absolute atomic E-state index is 8.56. The van der Waals surface area contributed by atoms with Gasteiger partial charge in [-0.25, -0.2) is 0 Å². The molecule has 0 saturated carbocycles. The van der Waals surface area contributed by atoms with E-state index in [1.807, 2.05) is 0 Å². The van der Waals surface area contributed by atoms with Crippen molar-refractivity contribution in [2.75, 3.05) is 14.2 Å². The van der Waals surface area contributed by atoms with Gasteiger partial charge >= 0.3 is 25.2 Å². The Morgan fingerprint density at radius 1 is 1.13 bits per heavy atom. The molecule has 0 N–H and O–H groups in total. The molecule has 0 spiro atoms. The molecule has 1 aromatic rings. The first kappa shape index (κ1) is 19.9. The van der Waals surface area contributed by atoms with Gasteiger partial charge in [0.25, 0.3) is 0 Å². The molecule has 15 heavy (non-hydrogen) atoms. The molecule has 1 rings (SSSR count). The van der Waals surface area contributed by atoms with Crippen LogP contribution >= 0.6 is 0 Å². The van der Waals surface area contributed by atoms with Gasteiger partial charge < -0.3 is 34.3 Å². The fourth-order valence-corrected chi connectivity index (χ4v) is 0.875. The van der Waals surface area contributed by atoms with Gasteiger partial charge in [0.05, 0.1) is 20.3 Å². The Morgan fingerprint density at radius 3 is 2.13 bits per heavy atom. The zero-order valence-electron chi connectivity index (χ0n) is 8.41. The van der Waals surface area contributed by atoms with Crippen LogP contribution in [0.1, 0.15) is 0 Å². The molecule has 0 heterocycles. The summed E-state index contributed by atoms with van der Waals surface area (Å²) in [6, 6.07) is 4.99. The summed E-state index contributed by atoms with van der Waals surface area (Å²) in [5, 5.41) is 8.56. The first-order valence-corrected chi connectivity index (χ1v) is 3.39. The van der Waals surface area contributed by atoms with E-state index in [1.165, 1.54) is 7.11 Å². The number of halogens is 2. The summed E-state index contributed by atoms with van der Waals surface area (Å²) >= 11 is 0. The van der Waals surface area contributed by atoms with Crippen LogP contribution in [0.15, 0.2) is 18.2 Å². The monoisotopic (exact) mass is 299 g/mol. The molecule has 0 bridgehead atoms. The number of rotatable bonds is 2. The molecule has 0 fully saturated rings. The van der Waals surface area contributed by atoms with Crippen molar-refractivity contribution in [3.8, 4) is 11.5 Å². The van der Waals surface area contributed by atoms with Crippen LogP contribution < -0.4 is 34.3 Å². The molecule has 0 aromatic heterocycles. The molecule has 78 valence electrons. The van der Waals surface area contributed by atoms with Gasteiger partial charge in [-0.2, -0.15) is 0 Å². The van der Waals surface area contributed by atoms with E-state index in [0.29, 0.717) is 17.2 Å². The first-order valence-electron chi connectivity index (χ1n) is 3.39. The quantitative estimate of drug-likeness (QED) is 0.416. The summed E-state index contributed by atoms with van der Waals surface area (Å²) < 4.78 is 9.86. The van der Waals surface area contributed by atoms with Crippen molar-refractivity contribution in [2.24, 2.45) is 0 Å². The van der Waals surface area contributed by atoms with Crippen LogP contribution in [0, 0.1) is 5.39 Å². The number of ether oxygens (including phenoxy) is 2. The van der Waals surface area contributed by atoms with Crippen LogP contribution in [0.5, 0.6) is 11.5 Å². The molecule has 0 saturated heterocycles. The number of nitrogens with zero attached hydrogens (tertiary/aromatic N) is 2. The van der Waals surface area contributed by atoms with Crippen molar-refractivity contribution >= 4 is 5.69 Å². The normalized spacial score (nSPS) is 7.00. The largest absolute Gasteiger partial charge is 2.00 e. The van der Waals surface area contributed by atoms with Crippen molar-refractivity contribution < 1.29 is 53.8 Å². The maximum Gasteiger partial charge on any atom is 2.00 e. The Balaban J connectivity index is -0.000000480. The number of diazo groups is 1. The van der Waals surface area contributed by atoms with E-state index in [9.17, 15) is 0 Å². The summed E-state index contributed by atoms with van der Waals surface area (Å²) in [7, 11) is 3.06. The van der Waals surface area contributed by atoms with E-state index in [2.05, 4.69) is 4.98 Å². The Hall–Kier alpha value is -0.557. The first-order chi connectivity index (χ1) is 5.81. The van der Waals surface area contributed by atoms with Crippen molar-refractivity contribution in [1.29, 1.82) is 5.39 Å². The average Bonchev–Trinajstić information content (AvgIpc) is 2.16. The summed E-state index contributed by atoms with van der Waals surface area (Å²) in [5.41, 5.74) is 0.358. The number of hydrogen-bond acceptors (Lipinski definition) is 3. The SMILES string of the molecule is COc1ccc(OC)c([N+]#N)c1.[Cl-].[Cl-].[Zn+2]. The summed E-state index contributed by atoms with van der Waals surface area (Å²) in [4.78, 5) is 3.04. The molecule has 1 aromatic carbocycles. The molecular weight excluding hydrogens is 292 g/mol. The summed E-state index contributed by atoms with van der Waals surface area (Å²) in [5.74, 6) is 1.14. The van der Waals surface area contributed by atoms with Crippen molar-refractivity contribution in [1.82, 2.24) is 0 Å². The van der Waals surface area contributed by atoms with Gasteiger partial charge in [-0.1, -0.05) is 0 Å². The van der Waals surface area contributed by atoms with Crippen molar-refractivity contribution in [2.45, 2.75) is 0 Å². The van der Waals surface area contributed by atoms with E-state index in [1.54, 1.807) is 25.3 Å². The van der Waals surface area contributed by atoms with E-state index in [-0.39, 0.29) is 44.3 Å². The fourth-order valence-electron chi connectivity index (χ4n) is 0.875. The standard InChI is InChI=1S/C8H9N2O2.2ClH.Zn/c1-11-6-3-4-8(12-2)7(5-6)10-9;;;/h3-5H,1-2H3;2*1H;/q+1;;;+2/p-2. The third-order valence-corrected chi connectivity index (χ3v) is 1.49. The van der Waals surface area contributed by atoms with Gasteiger partial charge in [0.15, 0.2) is 4.98 Å². The van der Waals surface area contributed by atoms with E-state index < -0.39 is 0 Å². The van der Waals surface area contributed by atoms with Gasteiger partial charge in [0.2, 0.25) is 11.1 Å². The second kappa shape index (κ2) is 9.98. The minimum atomic E-state index is 0. The zero-order chi connectivity index (χ0) is 8.97. The summed E-state index contributed by atoms with van der Waals surface area (Å²) in [6.07, 6.45) is 0. The molecule has 0 aliphatic carbocycles. The van der Waals surface area contributed by atoms with Crippen molar-refractivity contribution in [3.05, 3.63) is 23.2 Å². The minimum Gasteiger partial charge on any atom is -1.00 e. The number of methoxy groups -OCH3 is 2. The molecule has 0 atom stereocenters. The van der Waals surface area contributed by atoms with Crippen LogP contribution in [0.3, 0.4) is 0 Å². The average molecular weight is 301 g/mol. The third kappa shape index (κ3) is 5.18. The van der Waals surface area contributed by atoms with E-state index >= 15 is 0 Å². The topological polar surface area (TPSA) is 46.6 Å². The van der Waals surface area contributed by atoms with Crippen LogP contribution in [-0.4, -0.2) is 14.2 Å². The Labute approximate surface area is 114 Å². The molecule has 7 heteroatoms. The van der Waals surface area contributed by atoms with Gasteiger partial charge in [-0.3, -0.25) is 0 Å². The van der Waals surface area contributed by atoms with Gasteiger partial charge in [0.1, 0.15) is 5.75 Å². The second-order valence-corrected chi connectivity index (χ2v) is 2.14. The second-order valence-electron chi connectivity index (χ2n) is 2.14. The predicted molar refractivity (Wildman–Crippen MR) is 44.3 cm³/mol. The molecule has 0 unspecified atom stereocenters. The number of hydrogen-bond donors (Lipinski definition) is 0.